The Hall–Kier alpha value is -0.710. The van der Waals surface area contributed by atoms with Gasteiger partial charge in [-0.25, -0.2) is 0 Å². The van der Waals surface area contributed by atoms with Crippen LogP contribution < -0.4 is 0 Å². The van der Waals surface area contributed by atoms with Crippen LogP contribution in [-0.2, 0) is 4.57 Å². The molecule has 0 aliphatic rings. The lowest BCUT2D eigenvalue weighted by Crippen LogP contribution is -2.15. The highest BCUT2D eigenvalue weighted by atomic mass is 31.2. The van der Waals surface area contributed by atoms with Crippen LogP contribution >= 0.6 is 7.60 Å². The van der Waals surface area contributed by atoms with Crippen LogP contribution in [0.2, 0.25) is 0 Å². The number of rotatable bonds is 3. The summed E-state index contributed by atoms with van der Waals surface area (Å²) in [6.45, 7) is 2.91. The first-order valence-electron chi connectivity index (χ1n) is 2.21. The summed E-state index contributed by atoms with van der Waals surface area (Å²) in [7, 11) is -4.65. The van der Waals surface area contributed by atoms with Gasteiger partial charge >= 0.3 is 13.4 Å². The molecule has 0 bridgehead atoms. The Bertz CT molecular complexity index is 195. The Kier molecular flexibility index (Phi) is 2.71. The van der Waals surface area contributed by atoms with Gasteiger partial charge in [0.25, 0.3) is 0 Å². The maximum Gasteiger partial charge on any atom is 0.403 e. The standard InChI is InChI=1S/C3H6NO5P/c1-2-3(4(5)6)10(7,8)9/h2-3H,1H2,(H2,7,8,9). The van der Waals surface area contributed by atoms with Crippen molar-refractivity contribution in [2.45, 2.75) is 5.78 Å². The second-order valence-electron chi connectivity index (χ2n) is 1.52. The van der Waals surface area contributed by atoms with E-state index in [-0.39, 0.29) is 0 Å². The monoisotopic (exact) mass is 167 g/mol. The zero-order chi connectivity index (χ0) is 8.36. The maximum atomic E-state index is 10.2. The summed E-state index contributed by atoms with van der Waals surface area (Å²) in [5.41, 5.74) is 0. The van der Waals surface area contributed by atoms with E-state index < -0.39 is 18.3 Å². The quantitative estimate of drug-likeness (QED) is 0.265. The van der Waals surface area contributed by atoms with E-state index in [4.69, 9.17) is 9.79 Å². The van der Waals surface area contributed by atoms with E-state index in [0.29, 0.717) is 6.08 Å². The SMILES string of the molecule is C=CC([N+](=O)[O-])P(=O)(O)O. The van der Waals surface area contributed by atoms with Crippen molar-refractivity contribution in [3.05, 3.63) is 22.8 Å². The van der Waals surface area contributed by atoms with E-state index in [2.05, 4.69) is 6.58 Å². The normalized spacial score (nSPS) is 14.2. The summed E-state index contributed by atoms with van der Waals surface area (Å²) in [6, 6.07) is 0. The van der Waals surface area contributed by atoms with E-state index in [1.54, 1.807) is 0 Å². The zero-order valence-electron chi connectivity index (χ0n) is 4.88. The molecule has 0 aromatic heterocycles. The fourth-order valence-corrected chi connectivity index (χ4v) is 0.866. The minimum Gasteiger partial charge on any atom is -0.319 e. The average Bonchev–Trinajstić information content (AvgIpc) is 1.60. The molecule has 0 spiro atoms. The summed E-state index contributed by atoms with van der Waals surface area (Å²) < 4.78 is 10.2. The molecule has 0 heterocycles. The summed E-state index contributed by atoms with van der Waals surface area (Å²) >= 11 is 0. The van der Waals surface area contributed by atoms with Gasteiger partial charge in [-0.1, -0.05) is 6.58 Å². The molecule has 0 amide bonds. The van der Waals surface area contributed by atoms with Gasteiger partial charge in [-0.2, -0.15) is 0 Å². The molecule has 2 N–H and O–H groups in total. The molecule has 0 aromatic carbocycles. The van der Waals surface area contributed by atoms with Gasteiger partial charge in [0.2, 0.25) is 0 Å². The Morgan fingerprint density at radius 3 is 2.10 bits per heavy atom. The van der Waals surface area contributed by atoms with Crippen molar-refractivity contribution in [3.8, 4) is 0 Å². The van der Waals surface area contributed by atoms with Gasteiger partial charge < -0.3 is 9.79 Å². The molecule has 0 saturated carbocycles. The molecule has 0 aliphatic carbocycles. The minimum absolute atomic E-state index is 0.612. The van der Waals surface area contributed by atoms with E-state index in [1.807, 2.05) is 0 Å². The molecule has 6 nitrogen and oxygen atoms in total. The molecule has 0 aliphatic heterocycles. The third-order valence-electron chi connectivity index (χ3n) is 0.771. The van der Waals surface area contributed by atoms with Crippen molar-refractivity contribution < 1.29 is 19.3 Å². The Morgan fingerprint density at radius 2 is 2.10 bits per heavy atom. The Morgan fingerprint density at radius 1 is 1.70 bits per heavy atom. The van der Waals surface area contributed by atoms with Gasteiger partial charge in [-0.15, -0.1) is 0 Å². The van der Waals surface area contributed by atoms with Crippen molar-refractivity contribution in [2.75, 3.05) is 0 Å². The Balaban J connectivity index is 4.53. The molecular formula is C3H6NO5P. The molecule has 0 aromatic rings. The minimum atomic E-state index is -4.65. The lowest BCUT2D eigenvalue weighted by molar-refractivity contribution is -0.488. The fourth-order valence-electron chi connectivity index (χ4n) is 0.346. The summed E-state index contributed by atoms with van der Waals surface area (Å²) in [5.74, 6) is -1.98. The van der Waals surface area contributed by atoms with Gasteiger partial charge in [-0.05, 0) is 6.08 Å². The first-order valence-corrected chi connectivity index (χ1v) is 3.89. The fraction of sp³-hybridized carbons (Fsp3) is 0.333. The number of hydrogen-bond acceptors (Lipinski definition) is 3. The molecule has 0 saturated heterocycles. The highest BCUT2D eigenvalue weighted by molar-refractivity contribution is 7.52. The lowest BCUT2D eigenvalue weighted by Gasteiger charge is -2.04. The maximum absolute atomic E-state index is 10.2. The second-order valence-corrected chi connectivity index (χ2v) is 3.23. The zero-order valence-corrected chi connectivity index (χ0v) is 5.77. The topological polar surface area (TPSA) is 101 Å². The molecule has 0 fully saturated rings. The highest BCUT2D eigenvalue weighted by Gasteiger charge is 2.36. The van der Waals surface area contributed by atoms with E-state index >= 15 is 0 Å². The first kappa shape index (κ1) is 9.29. The van der Waals surface area contributed by atoms with E-state index in [0.717, 1.165) is 0 Å². The third-order valence-corrected chi connectivity index (χ3v) is 1.86. The number of nitro groups is 1. The van der Waals surface area contributed by atoms with Crippen molar-refractivity contribution in [1.82, 2.24) is 0 Å². The smallest absolute Gasteiger partial charge is 0.319 e. The van der Waals surface area contributed by atoms with Gasteiger partial charge in [0.1, 0.15) is 0 Å². The van der Waals surface area contributed by atoms with Crippen LogP contribution in [0.3, 0.4) is 0 Å². The molecule has 7 heteroatoms. The van der Waals surface area contributed by atoms with Crippen LogP contribution in [0.15, 0.2) is 12.7 Å². The summed E-state index contributed by atoms with van der Waals surface area (Å²) in [6.07, 6.45) is 0.612. The van der Waals surface area contributed by atoms with Gasteiger partial charge in [0.15, 0.2) is 0 Å². The predicted molar refractivity (Wildman–Crippen MR) is 33.0 cm³/mol. The second kappa shape index (κ2) is 2.92. The van der Waals surface area contributed by atoms with Crippen LogP contribution in [0.25, 0.3) is 0 Å². The molecule has 58 valence electrons. The lowest BCUT2D eigenvalue weighted by atomic mass is 10.6. The van der Waals surface area contributed by atoms with E-state index in [9.17, 15) is 14.7 Å². The van der Waals surface area contributed by atoms with E-state index in [1.165, 1.54) is 0 Å². The van der Waals surface area contributed by atoms with Crippen molar-refractivity contribution >= 4 is 7.60 Å². The molecule has 0 radical (unpaired) electrons. The van der Waals surface area contributed by atoms with Gasteiger partial charge in [0, 0.05) is 4.92 Å². The summed E-state index contributed by atoms with van der Waals surface area (Å²) in [5, 5.41) is 9.82. The van der Waals surface area contributed by atoms with Gasteiger partial charge in [-0.3, -0.25) is 14.7 Å². The molecular weight excluding hydrogens is 161 g/mol. The molecule has 1 unspecified atom stereocenters. The number of nitrogens with zero attached hydrogens (tertiary/aromatic N) is 1. The van der Waals surface area contributed by atoms with Crippen LogP contribution in [0.5, 0.6) is 0 Å². The molecule has 1 atom stereocenters. The van der Waals surface area contributed by atoms with Crippen molar-refractivity contribution in [1.29, 1.82) is 0 Å². The highest BCUT2D eigenvalue weighted by Crippen LogP contribution is 2.41. The molecule has 10 heavy (non-hydrogen) atoms. The van der Waals surface area contributed by atoms with Crippen LogP contribution in [-0.4, -0.2) is 20.5 Å². The van der Waals surface area contributed by atoms with Crippen molar-refractivity contribution in [2.24, 2.45) is 0 Å². The van der Waals surface area contributed by atoms with Crippen LogP contribution in [0, 0.1) is 10.1 Å². The average molecular weight is 167 g/mol. The van der Waals surface area contributed by atoms with Crippen LogP contribution in [0.1, 0.15) is 0 Å². The first-order chi connectivity index (χ1) is 4.39. The molecule has 0 rings (SSSR count). The van der Waals surface area contributed by atoms with Crippen LogP contribution in [0.4, 0.5) is 0 Å². The summed E-state index contributed by atoms with van der Waals surface area (Å²) in [4.78, 5) is 25.2. The predicted octanol–water partition coefficient (Wildman–Crippen LogP) is -0.0471. The van der Waals surface area contributed by atoms with Crippen molar-refractivity contribution in [3.63, 3.8) is 0 Å². The van der Waals surface area contributed by atoms with Gasteiger partial charge in [0.05, 0.1) is 0 Å². The Labute approximate surface area is 56.5 Å². The largest absolute Gasteiger partial charge is 0.403 e. The third kappa shape index (κ3) is 2.26. The number of hydrogen-bond donors (Lipinski definition) is 2.